The van der Waals surface area contributed by atoms with E-state index in [0.29, 0.717) is 27.9 Å². The van der Waals surface area contributed by atoms with Gasteiger partial charge in [0, 0.05) is 40.2 Å². The van der Waals surface area contributed by atoms with Crippen molar-refractivity contribution in [2.75, 3.05) is 30.4 Å². The Balaban J connectivity index is 1.94. The highest BCUT2D eigenvalue weighted by Gasteiger charge is 2.16. The van der Waals surface area contributed by atoms with Crippen LogP contribution in [0.3, 0.4) is 0 Å². The van der Waals surface area contributed by atoms with Crippen LogP contribution >= 0.6 is 35.1 Å². The van der Waals surface area contributed by atoms with Gasteiger partial charge in [0.15, 0.2) is 0 Å². The van der Waals surface area contributed by atoms with Crippen molar-refractivity contribution >= 4 is 41.0 Å². The lowest BCUT2D eigenvalue weighted by Crippen LogP contribution is -2.33. The van der Waals surface area contributed by atoms with Crippen molar-refractivity contribution in [1.29, 1.82) is 0 Å². The molecule has 1 aliphatic heterocycles. The second-order valence-corrected chi connectivity index (χ2v) is 7.40. The molecule has 1 aromatic carbocycles. The Kier molecular flexibility index (Phi) is 6.78. The molecule has 112 valence electrons. The highest BCUT2D eigenvalue weighted by Crippen LogP contribution is 2.23. The van der Waals surface area contributed by atoms with E-state index >= 15 is 0 Å². The first-order chi connectivity index (χ1) is 10.2. The molecule has 3 nitrogen and oxygen atoms in total. The number of thioether (sulfide) groups is 2. The summed E-state index contributed by atoms with van der Waals surface area (Å²) >= 11 is 9.93. The molecular formula is C15H16ClNO2S2. The molecule has 2 N–H and O–H groups in total. The van der Waals surface area contributed by atoms with Crippen molar-refractivity contribution in [2.24, 2.45) is 0 Å². The molecule has 0 saturated carbocycles. The molecule has 0 aliphatic carbocycles. The quantitative estimate of drug-likeness (QED) is 0.828. The number of carbonyl (C=O) groups excluding carboxylic acids is 1. The molecule has 0 bridgehead atoms. The fraction of sp³-hybridized carbons (Fsp3) is 0.400. The Morgan fingerprint density at radius 3 is 3.00 bits per heavy atom. The molecule has 0 radical (unpaired) electrons. The zero-order valence-corrected chi connectivity index (χ0v) is 13.8. The van der Waals surface area contributed by atoms with Crippen LogP contribution in [-0.2, 0) is 0 Å². The highest BCUT2D eigenvalue weighted by molar-refractivity contribution is 8.06. The van der Waals surface area contributed by atoms with Crippen LogP contribution < -0.4 is 5.32 Å². The molecular weight excluding hydrogens is 326 g/mol. The molecule has 2 rings (SSSR count). The van der Waals surface area contributed by atoms with Gasteiger partial charge in [-0.15, -0.1) is 0 Å². The van der Waals surface area contributed by atoms with Crippen LogP contribution in [0.5, 0.6) is 0 Å². The molecule has 21 heavy (non-hydrogen) atoms. The predicted molar refractivity (Wildman–Crippen MR) is 91.3 cm³/mol. The summed E-state index contributed by atoms with van der Waals surface area (Å²) in [6.45, 7) is 0.468. The van der Waals surface area contributed by atoms with Gasteiger partial charge in [0.2, 0.25) is 0 Å². The van der Waals surface area contributed by atoms with Crippen LogP contribution in [0.1, 0.15) is 15.9 Å². The third-order valence-corrected chi connectivity index (χ3v) is 6.07. The van der Waals surface area contributed by atoms with Crippen LogP contribution in [0.15, 0.2) is 18.2 Å². The van der Waals surface area contributed by atoms with Crippen LogP contribution in [-0.4, -0.2) is 46.7 Å². The van der Waals surface area contributed by atoms with E-state index in [1.165, 1.54) is 5.75 Å². The summed E-state index contributed by atoms with van der Waals surface area (Å²) in [5, 5.41) is 12.5. The summed E-state index contributed by atoms with van der Waals surface area (Å²) in [7, 11) is 0. The summed E-state index contributed by atoms with van der Waals surface area (Å²) in [5.41, 5.74) is 1.14. The number of halogens is 1. The maximum atomic E-state index is 12.1. The smallest absolute Gasteiger partial charge is 0.251 e. The zero-order chi connectivity index (χ0) is 15.1. The largest absolute Gasteiger partial charge is 0.384 e. The van der Waals surface area contributed by atoms with E-state index in [-0.39, 0.29) is 12.5 Å². The van der Waals surface area contributed by atoms with Gasteiger partial charge in [0.05, 0.1) is 5.02 Å². The molecule has 1 amide bonds. The van der Waals surface area contributed by atoms with Gasteiger partial charge in [-0.2, -0.15) is 23.5 Å². The van der Waals surface area contributed by atoms with Gasteiger partial charge >= 0.3 is 0 Å². The molecule has 1 aliphatic rings. The molecule has 0 aromatic heterocycles. The van der Waals surface area contributed by atoms with E-state index in [0.717, 1.165) is 11.5 Å². The van der Waals surface area contributed by atoms with E-state index in [1.54, 1.807) is 18.2 Å². The molecule has 1 fully saturated rings. The second kappa shape index (κ2) is 8.60. The number of benzene rings is 1. The standard InChI is InChI=1S/C15H16ClNO2S2/c16-14-8-12(4-3-11(14)2-1-5-18)15(19)17-9-13-10-20-6-7-21-13/h3-4,8,13,18H,5-7,9-10H2,(H,17,19). The minimum absolute atomic E-state index is 0.116. The molecule has 1 unspecified atom stereocenters. The maximum absolute atomic E-state index is 12.1. The fourth-order valence-corrected chi connectivity index (χ4v) is 4.70. The number of amides is 1. The summed E-state index contributed by atoms with van der Waals surface area (Å²) in [4.78, 5) is 12.1. The summed E-state index contributed by atoms with van der Waals surface area (Å²) in [6.07, 6.45) is 0. The van der Waals surface area contributed by atoms with Crippen molar-refractivity contribution < 1.29 is 9.90 Å². The van der Waals surface area contributed by atoms with Crippen molar-refractivity contribution in [3.63, 3.8) is 0 Å². The average Bonchev–Trinajstić information content (AvgIpc) is 2.52. The lowest BCUT2D eigenvalue weighted by atomic mass is 10.1. The van der Waals surface area contributed by atoms with Crippen molar-refractivity contribution in [3.8, 4) is 11.8 Å². The molecule has 1 atom stereocenters. The maximum Gasteiger partial charge on any atom is 0.251 e. The molecule has 6 heteroatoms. The highest BCUT2D eigenvalue weighted by atomic mass is 35.5. The van der Waals surface area contributed by atoms with Crippen molar-refractivity contribution in [1.82, 2.24) is 5.32 Å². The van der Waals surface area contributed by atoms with Crippen LogP contribution in [0.2, 0.25) is 5.02 Å². The van der Waals surface area contributed by atoms with E-state index in [2.05, 4.69) is 17.2 Å². The molecule has 0 spiro atoms. The molecule has 1 heterocycles. The minimum atomic E-state index is -0.213. The first-order valence-electron chi connectivity index (χ1n) is 6.57. The number of carbonyl (C=O) groups is 1. The Morgan fingerprint density at radius 2 is 2.33 bits per heavy atom. The monoisotopic (exact) mass is 341 g/mol. The zero-order valence-electron chi connectivity index (χ0n) is 11.4. The van der Waals surface area contributed by atoms with E-state index < -0.39 is 0 Å². The van der Waals surface area contributed by atoms with E-state index in [1.807, 2.05) is 23.5 Å². The first-order valence-corrected chi connectivity index (χ1v) is 9.15. The summed E-state index contributed by atoms with van der Waals surface area (Å²) in [5.74, 6) is 8.59. The number of hydrogen-bond donors (Lipinski definition) is 2. The first kappa shape index (κ1) is 16.6. The lowest BCUT2D eigenvalue weighted by molar-refractivity contribution is 0.0954. The van der Waals surface area contributed by atoms with Crippen LogP contribution in [0.4, 0.5) is 0 Å². The third-order valence-electron chi connectivity index (χ3n) is 2.91. The van der Waals surface area contributed by atoms with Gasteiger partial charge < -0.3 is 10.4 Å². The molecule has 1 aromatic rings. The van der Waals surface area contributed by atoms with Gasteiger partial charge in [-0.25, -0.2) is 0 Å². The lowest BCUT2D eigenvalue weighted by Gasteiger charge is -2.21. The summed E-state index contributed by atoms with van der Waals surface area (Å²) in [6, 6.07) is 5.01. The number of hydrogen-bond acceptors (Lipinski definition) is 4. The Bertz CT molecular complexity index is 563. The Labute approximate surface area is 138 Å². The number of aliphatic hydroxyl groups excluding tert-OH is 1. The van der Waals surface area contributed by atoms with Gasteiger partial charge in [-0.3, -0.25) is 4.79 Å². The van der Waals surface area contributed by atoms with E-state index in [9.17, 15) is 4.79 Å². The number of nitrogens with one attached hydrogen (secondary N) is 1. The summed E-state index contributed by atoms with van der Waals surface area (Å²) < 4.78 is 0. The minimum Gasteiger partial charge on any atom is -0.384 e. The van der Waals surface area contributed by atoms with Gasteiger partial charge in [0.1, 0.15) is 6.61 Å². The van der Waals surface area contributed by atoms with E-state index in [4.69, 9.17) is 16.7 Å². The molecule has 1 saturated heterocycles. The second-order valence-electron chi connectivity index (χ2n) is 4.43. The number of rotatable bonds is 3. The predicted octanol–water partition coefficient (Wildman–Crippen LogP) is 2.26. The van der Waals surface area contributed by atoms with Gasteiger partial charge in [-0.1, -0.05) is 23.4 Å². The number of aliphatic hydroxyl groups is 1. The average molecular weight is 342 g/mol. The normalized spacial score (nSPS) is 17.7. The van der Waals surface area contributed by atoms with Gasteiger partial charge in [0.25, 0.3) is 5.91 Å². The fourth-order valence-electron chi connectivity index (χ4n) is 1.86. The Morgan fingerprint density at radius 1 is 1.48 bits per heavy atom. The van der Waals surface area contributed by atoms with Crippen LogP contribution in [0, 0.1) is 11.8 Å². The van der Waals surface area contributed by atoms with Gasteiger partial charge in [-0.05, 0) is 18.2 Å². The van der Waals surface area contributed by atoms with Crippen LogP contribution in [0.25, 0.3) is 0 Å². The van der Waals surface area contributed by atoms with Crippen molar-refractivity contribution in [3.05, 3.63) is 34.3 Å². The Hall–Kier alpha value is -0.800. The SMILES string of the molecule is O=C(NCC1CSCCS1)c1ccc(C#CCO)c(Cl)c1. The van der Waals surface area contributed by atoms with Crippen molar-refractivity contribution in [2.45, 2.75) is 5.25 Å². The topological polar surface area (TPSA) is 49.3 Å². The third kappa shape index (κ3) is 5.15.